The molecule has 0 aliphatic carbocycles. The van der Waals surface area contributed by atoms with E-state index in [1.54, 1.807) is 0 Å². The first kappa shape index (κ1) is 8.82. The highest BCUT2D eigenvalue weighted by Crippen LogP contribution is 2.28. The molecule has 2 nitrogen and oxygen atoms in total. The second-order valence-electron chi connectivity index (χ2n) is 4.17. The summed E-state index contributed by atoms with van der Waals surface area (Å²) in [5.74, 6) is 0.773. The molecule has 0 bridgehead atoms. The number of hydrogen-bond acceptors (Lipinski definition) is 2. The monoisotopic (exact) mass is 178 g/mol. The van der Waals surface area contributed by atoms with Crippen molar-refractivity contribution in [3.05, 3.63) is 24.4 Å². The standard InChI is InChI=1S/C11H18N2/c1-11(6-2-3-7-13-11)10-4-8-12-9-5-10/h2-3,6-7,10,12-13H,4-5,8-9H2,1H3. The maximum absolute atomic E-state index is 3.47. The van der Waals surface area contributed by atoms with Crippen molar-refractivity contribution >= 4 is 0 Å². The van der Waals surface area contributed by atoms with Crippen LogP contribution in [0.2, 0.25) is 0 Å². The van der Waals surface area contributed by atoms with Crippen LogP contribution in [-0.4, -0.2) is 18.6 Å². The van der Waals surface area contributed by atoms with Crippen molar-refractivity contribution in [3.8, 4) is 0 Å². The van der Waals surface area contributed by atoms with Gasteiger partial charge in [0.2, 0.25) is 0 Å². The van der Waals surface area contributed by atoms with Crippen LogP contribution in [0, 0.1) is 5.92 Å². The zero-order valence-electron chi connectivity index (χ0n) is 8.22. The van der Waals surface area contributed by atoms with E-state index in [9.17, 15) is 0 Å². The van der Waals surface area contributed by atoms with Crippen molar-refractivity contribution in [2.24, 2.45) is 5.92 Å². The molecule has 1 fully saturated rings. The third kappa shape index (κ3) is 1.78. The largest absolute Gasteiger partial charge is 0.382 e. The molecule has 2 aliphatic heterocycles. The second kappa shape index (κ2) is 3.54. The Morgan fingerprint density at radius 1 is 1.23 bits per heavy atom. The zero-order chi connectivity index (χ0) is 9.15. The van der Waals surface area contributed by atoms with Gasteiger partial charge in [-0.25, -0.2) is 0 Å². The SMILES string of the molecule is CC1(C2CCNCC2)C=CC=CN1. The fourth-order valence-corrected chi connectivity index (χ4v) is 2.26. The average molecular weight is 178 g/mol. The summed E-state index contributed by atoms with van der Waals surface area (Å²) in [7, 11) is 0. The van der Waals surface area contributed by atoms with Crippen LogP contribution in [0.3, 0.4) is 0 Å². The van der Waals surface area contributed by atoms with Gasteiger partial charge < -0.3 is 10.6 Å². The molecule has 2 N–H and O–H groups in total. The minimum Gasteiger partial charge on any atom is -0.382 e. The molecule has 2 rings (SSSR count). The number of nitrogens with one attached hydrogen (secondary N) is 2. The molecule has 72 valence electrons. The Morgan fingerprint density at radius 3 is 2.62 bits per heavy atom. The third-order valence-corrected chi connectivity index (χ3v) is 3.23. The van der Waals surface area contributed by atoms with Crippen molar-refractivity contribution in [2.75, 3.05) is 13.1 Å². The first-order chi connectivity index (χ1) is 6.31. The zero-order valence-corrected chi connectivity index (χ0v) is 8.22. The first-order valence-corrected chi connectivity index (χ1v) is 5.14. The van der Waals surface area contributed by atoms with Crippen LogP contribution in [0.5, 0.6) is 0 Å². The molecule has 1 atom stereocenters. The van der Waals surface area contributed by atoms with E-state index in [2.05, 4.69) is 42.0 Å². The number of allylic oxidation sites excluding steroid dienone is 2. The Balaban J connectivity index is 2.04. The maximum atomic E-state index is 3.47. The molecule has 0 radical (unpaired) electrons. The van der Waals surface area contributed by atoms with Gasteiger partial charge in [-0.2, -0.15) is 0 Å². The van der Waals surface area contributed by atoms with E-state index in [1.807, 2.05) is 0 Å². The summed E-state index contributed by atoms with van der Waals surface area (Å²) in [6, 6.07) is 0. The van der Waals surface area contributed by atoms with E-state index in [-0.39, 0.29) is 5.54 Å². The molecule has 1 saturated heterocycles. The minimum absolute atomic E-state index is 0.191. The maximum Gasteiger partial charge on any atom is 0.0554 e. The highest BCUT2D eigenvalue weighted by Gasteiger charge is 2.32. The van der Waals surface area contributed by atoms with Crippen LogP contribution >= 0.6 is 0 Å². The summed E-state index contributed by atoms with van der Waals surface area (Å²) in [4.78, 5) is 0. The Labute approximate surface area is 80.1 Å². The number of rotatable bonds is 1. The topological polar surface area (TPSA) is 24.1 Å². The van der Waals surface area contributed by atoms with Gasteiger partial charge in [0.05, 0.1) is 5.54 Å². The van der Waals surface area contributed by atoms with Gasteiger partial charge in [-0.15, -0.1) is 0 Å². The Morgan fingerprint density at radius 2 is 2.00 bits per heavy atom. The van der Waals surface area contributed by atoms with E-state index in [0.717, 1.165) is 5.92 Å². The summed E-state index contributed by atoms with van der Waals surface area (Å²) in [5.41, 5.74) is 0.191. The van der Waals surface area contributed by atoms with Crippen LogP contribution in [0.25, 0.3) is 0 Å². The van der Waals surface area contributed by atoms with Gasteiger partial charge >= 0.3 is 0 Å². The molecule has 2 aliphatic rings. The van der Waals surface area contributed by atoms with Gasteiger partial charge in [0, 0.05) is 0 Å². The normalized spacial score (nSPS) is 34.5. The Bertz CT molecular complexity index is 226. The molecule has 1 unspecified atom stereocenters. The molecule has 0 aromatic heterocycles. The summed E-state index contributed by atoms with van der Waals surface area (Å²) in [6.45, 7) is 4.63. The highest BCUT2D eigenvalue weighted by atomic mass is 15.0. The molecule has 0 amide bonds. The molecule has 0 aromatic carbocycles. The summed E-state index contributed by atoms with van der Waals surface area (Å²) < 4.78 is 0. The lowest BCUT2D eigenvalue weighted by Crippen LogP contribution is -2.49. The van der Waals surface area contributed by atoms with Crippen molar-refractivity contribution < 1.29 is 0 Å². The van der Waals surface area contributed by atoms with E-state index in [1.165, 1.54) is 25.9 Å². The lowest BCUT2D eigenvalue weighted by Gasteiger charge is -2.39. The lowest BCUT2D eigenvalue weighted by atomic mass is 9.78. The number of dihydropyridines is 1. The molecule has 13 heavy (non-hydrogen) atoms. The smallest absolute Gasteiger partial charge is 0.0554 e. The quantitative estimate of drug-likeness (QED) is 0.634. The van der Waals surface area contributed by atoms with Crippen molar-refractivity contribution in [2.45, 2.75) is 25.3 Å². The van der Waals surface area contributed by atoms with Gasteiger partial charge in [0.25, 0.3) is 0 Å². The van der Waals surface area contributed by atoms with E-state index < -0.39 is 0 Å². The van der Waals surface area contributed by atoms with Crippen molar-refractivity contribution in [3.63, 3.8) is 0 Å². The molecule has 0 saturated carbocycles. The summed E-state index contributed by atoms with van der Waals surface area (Å²) >= 11 is 0. The third-order valence-electron chi connectivity index (χ3n) is 3.23. The number of hydrogen-bond donors (Lipinski definition) is 2. The molecule has 2 heteroatoms. The highest BCUT2D eigenvalue weighted by molar-refractivity contribution is 5.20. The van der Waals surface area contributed by atoms with Crippen LogP contribution in [-0.2, 0) is 0 Å². The molecular weight excluding hydrogens is 160 g/mol. The summed E-state index contributed by atoms with van der Waals surface area (Å²) in [5, 5.41) is 6.87. The fourth-order valence-electron chi connectivity index (χ4n) is 2.26. The van der Waals surface area contributed by atoms with Gasteiger partial charge in [0.1, 0.15) is 0 Å². The molecule has 0 spiro atoms. The number of piperidine rings is 1. The second-order valence-corrected chi connectivity index (χ2v) is 4.17. The minimum atomic E-state index is 0.191. The van der Waals surface area contributed by atoms with Crippen LogP contribution in [0.15, 0.2) is 24.4 Å². The Hall–Kier alpha value is -0.760. The van der Waals surface area contributed by atoms with Crippen LogP contribution in [0.1, 0.15) is 19.8 Å². The van der Waals surface area contributed by atoms with Gasteiger partial charge in [-0.05, 0) is 51.0 Å². The first-order valence-electron chi connectivity index (χ1n) is 5.14. The van der Waals surface area contributed by atoms with Gasteiger partial charge in [-0.3, -0.25) is 0 Å². The van der Waals surface area contributed by atoms with Crippen LogP contribution in [0.4, 0.5) is 0 Å². The van der Waals surface area contributed by atoms with Crippen LogP contribution < -0.4 is 10.6 Å². The average Bonchev–Trinajstić information content (AvgIpc) is 2.20. The van der Waals surface area contributed by atoms with E-state index in [4.69, 9.17) is 0 Å². The van der Waals surface area contributed by atoms with Gasteiger partial charge in [-0.1, -0.05) is 12.2 Å². The van der Waals surface area contributed by atoms with Crippen molar-refractivity contribution in [1.82, 2.24) is 10.6 Å². The van der Waals surface area contributed by atoms with E-state index in [0.29, 0.717) is 0 Å². The van der Waals surface area contributed by atoms with Gasteiger partial charge in [0.15, 0.2) is 0 Å². The predicted molar refractivity (Wildman–Crippen MR) is 55.4 cm³/mol. The van der Waals surface area contributed by atoms with E-state index >= 15 is 0 Å². The molecule has 0 aromatic rings. The van der Waals surface area contributed by atoms with Crippen molar-refractivity contribution in [1.29, 1.82) is 0 Å². The Kier molecular flexibility index (Phi) is 2.40. The fraction of sp³-hybridized carbons (Fsp3) is 0.636. The molecule has 2 heterocycles. The lowest BCUT2D eigenvalue weighted by molar-refractivity contribution is 0.247. The predicted octanol–water partition coefficient (Wildman–Crippen LogP) is 1.42. The molecular formula is C11H18N2. The summed E-state index contributed by atoms with van der Waals surface area (Å²) in [6.07, 6.45) is 11.1.